The van der Waals surface area contributed by atoms with Crippen LogP contribution in [0.4, 0.5) is 0 Å². The Morgan fingerprint density at radius 2 is 1.74 bits per heavy atom. The summed E-state index contributed by atoms with van der Waals surface area (Å²) in [5, 5.41) is 8.91. The van der Waals surface area contributed by atoms with Crippen molar-refractivity contribution in [2.45, 2.75) is 50.6 Å². The topological polar surface area (TPSA) is 81.5 Å². The number of sulfonamides is 1. The molecule has 7 heteroatoms. The number of amides is 1. The SMILES string of the molecule is CCC(C)N(Cc1ccccc1)C(=O)C1CCN(S(=O)(=O)c2ccc(C#N)cc2)CC1. The molecule has 1 atom stereocenters. The molecule has 31 heavy (non-hydrogen) atoms. The van der Waals surface area contributed by atoms with Crippen LogP contribution >= 0.6 is 0 Å². The Balaban J connectivity index is 1.67. The van der Waals surface area contributed by atoms with Crippen molar-refractivity contribution in [1.82, 2.24) is 9.21 Å². The van der Waals surface area contributed by atoms with Crippen molar-refractivity contribution in [2.75, 3.05) is 13.1 Å². The number of carbonyl (C=O) groups is 1. The highest BCUT2D eigenvalue weighted by Gasteiger charge is 2.34. The Kier molecular flexibility index (Phi) is 7.47. The second kappa shape index (κ2) is 10.1. The summed E-state index contributed by atoms with van der Waals surface area (Å²) in [7, 11) is -3.63. The van der Waals surface area contributed by atoms with Crippen LogP contribution in [-0.4, -0.2) is 42.7 Å². The number of rotatable bonds is 7. The second-order valence-electron chi connectivity index (χ2n) is 8.02. The lowest BCUT2D eigenvalue weighted by atomic mass is 9.95. The fraction of sp³-hybridized carbons (Fsp3) is 0.417. The van der Waals surface area contributed by atoms with Crippen molar-refractivity contribution >= 4 is 15.9 Å². The Hall–Kier alpha value is -2.69. The van der Waals surface area contributed by atoms with Gasteiger partial charge in [0.2, 0.25) is 15.9 Å². The maximum Gasteiger partial charge on any atom is 0.243 e. The Morgan fingerprint density at radius 1 is 1.13 bits per heavy atom. The Bertz CT molecular complexity index is 1020. The van der Waals surface area contributed by atoms with E-state index in [4.69, 9.17) is 5.26 Å². The number of hydrogen-bond donors (Lipinski definition) is 0. The molecule has 1 aliphatic heterocycles. The van der Waals surface area contributed by atoms with Gasteiger partial charge in [0.1, 0.15) is 0 Å². The molecule has 0 spiro atoms. The molecular weight excluding hydrogens is 410 g/mol. The molecular formula is C24H29N3O3S. The molecule has 0 N–H and O–H groups in total. The molecule has 0 saturated carbocycles. The molecule has 3 rings (SSSR count). The van der Waals surface area contributed by atoms with E-state index in [-0.39, 0.29) is 22.8 Å². The van der Waals surface area contributed by atoms with Gasteiger partial charge in [-0.05, 0) is 56.0 Å². The predicted molar refractivity (Wildman–Crippen MR) is 119 cm³/mol. The third-order valence-electron chi connectivity index (χ3n) is 6.03. The molecule has 1 saturated heterocycles. The molecule has 1 amide bonds. The number of nitriles is 1. The minimum Gasteiger partial charge on any atom is -0.335 e. The van der Waals surface area contributed by atoms with E-state index in [1.165, 1.54) is 28.6 Å². The summed E-state index contributed by atoms with van der Waals surface area (Å²) in [5.74, 6) is -0.0706. The van der Waals surface area contributed by atoms with Crippen molar-refractivity contribution in [3.8, 4) is 6.07 Å². The van der Waals surface area contributed by atoms with Crippen LogP contribution in [0.2, 0.25) is 0 Å². The number of nitrogens with zero attached hydrogens (tertiary/aromatic N) is 3. The van der Waals surface area contributed by atoms with Gasteiger partial charge in [0.15, 0.2) is 0 Å². The summed E-state index contributed by atoms with van der Waals surface area (Å²) in [5.41, 5.74) is 1.52. The van der Waals surface area contributed by atoms with E-state index in [1.54, 1.807) is 0 Å². The van der Waals surface area contributed by atoms with E-state index in [2.05, 4.69) is 13.8 Å². The maximum absolute atomic E-state index is 13.3. The largest absolute Gasteiger partial charge is 0.335 e. The predicted octanol–water partition coefficient (Wildman–Crippen LogP) is 3.79. The van der Waals surface area contributed by atoms with E-state index in [1.807, 2.05) is 41.3 Å². The maximum atomic E-state index is 13.3. The monoisotopic (exact) mass is 439 g/mol. The lowest BCUT2D eigenvalue weighted by Crippen LogP contribution is -2.46. The highest BCUT2D eigenvalue weighted by atomic mass is 32.2. The summed E-state index contributed by atoms with van der Waals surface area (Å²) in [6, 6.07) is 18.0. The van der Waals surface area contributed by atoms with Crippen LogP contribution in [0.5, 0.6) is 0 Å². The first-order valence-electron chi connectivity index (χ1n) is 10.7. The van der Waals surface area contributed by atoms with Gasteiger partial charge in [0.05, 0.1) is 16.5 Å². The molecule has 0 radical (unpaired) electrons. The van der Waals surface area contributed by atoms with Crippen molar-refractivity contribution in [3.63, 3.8) is 0 Å². The highest BCUT2D eigenvalue weighted by molar-refractivity contribution is 7.89. The van der Waals surface area contributed by atoms with Crippen molar-refractivity contribution < 1.29 is 13.2 Å². The molecule has 1 aliphatic rings. The normalized spacial score (nSPS) is 16.4. The summed E-state index contributed by atoms with van der Waals surface area (Å²) in [6.45, 7) is 5.34. The van der Waals surface area contributed by atoms with Crippen molar-refractivity contribution in [2.24, 2.45) is 5.92 Å². The highest BCUT2D eigenvalue weighted by Crippen LogP contribution is 2.27. The average molecular weight is 440 g/mol. The first kappa shape index (κ1) is 23.0. The minimum atomic E-state index is -3.63. The standard InChI is InChI=1S/C24H29N3O3S/c1-3-19(2)27(18-21-7-5-4-6-8-21)24(28)22-13-15-26(16-14-22)31(29,30)23-11-9-20(17-25)10-12-23/h4-12,19,22H,3,13-16,18H2,1-2H3. The molecule has 1 heterocycles. The van der Waals surface area contributed by atoms with Crippen LogP contribution in [0, 0.1) is 17.2 Å². The lowest BCUT2D eigenvalue weighted by Gasteiger charge is -2.36. The van der Waals surface area contributed by atoms with E-state index < -0.39 is 10.0 Å². The van der Waals surface area contributed by atoms with Crippen LogP contribution in [-0.2, 0) is 21.4 Å². The zero-order chi connectivity index (χ0) is 22.4. The summed E-state index contributed by atoms with van der Waals surface area (Å²) < 4.78 is 27.3. The third kappa shape index (κ3) is 5.33. The first-order valence-corrected chi connectivity index (χ1v) is 12.2. The van der Waals surface area contributed by atoms with Crippen LogP contribution in [0.25, 0.3) is 0 Å². The second-order valence-corrected chi connectivity index (χ2v) is 9.96. The Morgan fingerprint density at radius 3 is 2.29 bits per heavy atom. The molecule has 0 bridgehead atoms. The number of piperidine rings is 1. The molecule has 2 aromatic carbocycles. The molecule has 0 aromatic heterocycles. The van der Waals surface area contributed by atoms with E-state index in [0.29, 0.717) is 38.0 Å². The third-order valence-corrected chi connectivity index (χ3v) is 7.94. The van der Waals surface area contributed by atoms with Gasteiger partial charge in [0, 0.05) is 31.6 Å². The zero-order valence-electron chi connectivity index (χ0n) is 18.1. The number of hydrogen-bond acceptors (Lipinski definition) is 4. The van der Waals surface area contributed by atoms with Gasteiger partial charge in [-0.1, -0.05) is 37.3 Å². The average Bonchev–Trinajstić information content (AvgIpc) is 2.82. The number of benzene rings is 2. The van der Waals surface area contributed by atoms with E-state index in [9.17, 15) is 13.2 Å². The Labute approximate surface area is 185 Å². The first-order chi connectivity index (χ1) is 14.9. The van der Waals surface area contributed by atoms with Crippen LogP contribution < -0.4 is 0 Å². The van der Waals surface area contributed by atoms with Gasteiger partial charge in [-0.15, -0.1) is 0 Å². The molecule has 0 aliphatic carbocycles. The molecule has 2 aromatic rings. The molecule has 6 nitrogen and oxygen atoms in total. The fourth-order valence-corrected chi connectivity index (χ4v) is 5.35. The van der Waals surface area contributed by atoms with Gasteiger partial charge in [0.25, 0.3) is 0 Å². The molecule has 1 fully saturated rings. The summed E-state index contributed by atoms with van der Waals surface area (Å²) >= 11 is 0. The van der Waals surface area contributed by atoms with Gasteiger partial charge in [-0.25, -0.2) is 8.42 Å². The number of carbonyl (C=O) groups excluding carboxylic acids is 1. The lowest BCUT2D eigenvalue weighted by molar-refractivity contribution is -0.139. The van der Waals surface area contributed by atoms with Crippen molar-refractivity contribution in [3.05, 3.63) is 65.7 Å². The van der Waals surface area contributed by atoms with Gasteiger partial charge >= 0.3 is 0 Å². The van der Waals surface area contributed by atoms with Gasteiger partial charge in [-0.2, -0.15) is 9.57 Å². The zero-order valence-corrected chi connectivity index (χ0v) is 18.9. The van der Waals surface area contributed by atoms with Crippen LogP contribution in [0.1, 0.15) is 44.2 Å². The summed E-state index contributed by atoms with van der Waals surface area (Å²) in [4.78, 5) is 15.4. The quantitative estimate of drug-likeness (QED) is 0.657. The fourth-order valence-electron chi connectivity index (χ4n) is 3.88. The summed E-state index contributed by atoms with van der Waals surface area (Å²) in [6.07, 6.45) is 1.89. The smallest absolute Gasteiger partial charge is 0.243 e. The van der Waals surface area contributed by atoms with Crippen LogP contribution in [0.15, 0.2) is 59.5 Å². The minimum absolute atomic E-state index is 0.105. The molecule has 1 unspecified atom stereocenters. The van der Waals surface area contributed by atoms with Crippen LogP contribution in [0.3, 0.4) is 0 Å². The van der Waals surface area contributed by atoms with Gasteiger partial charge in [-0.3, -0.25) is 4.79 Å². The van der Waals surface area contributed by atoms with Gasteiger partial charge < -0.3 is 4.90 Å². The molecule has 164 valence electrons. The van der Waals surface area contributed by atoms with Crippen molar-refractivity contribution in [1.29, 1.82) is 5.26 Å². The van der Waals surface area contributed by atoms with E-state index in [0.717, 1.165) is 12.0 Å². The van der Waals surface area contributed by atoms with E-state index >= 15 is 0 Å².